The zero-order chi connectivity index (χ0) is 9.52. The Labute approximate surface area is 86.8 Å². The summed E-state index contributed by atoms with van der Waals surface area (Å²) in [6.07, 6.45) is 9.42. The molecule has 0 aromatic heterocycles. The van der Waals surface area contributed by atoms with Crippen LogP contribution in [0.3, 0.4) is 0 Å². The van der Waals surface area contributed by atoms with E-state index in [0.29, 0.717) is 6.04 Å². The molecule has 1 heterocycles. The summed E-state index contributed by atoms with van der Waals surface area (Å²) in [6.45, 7) is 2.26. The molecule has 0 bridgehead atoms. The zero-order valence-electron chi connectivity index (χ0n) is 8.80. The molecule has 78 valence electrons. The van der Waals surface area contributed by atoms with Crippen LogP contribution >= 0.6 is 11.8 Å². The molecule has 2 N–H and O–H groups in total. The van der Waals surface area contributed by atoms with E-state index in [1.165, 1.54) is 50.7 Å². The Morgan fingerprint density at radius 2 is 2.23 bits per heavy atom. The quantitative estimate of drug-likeness (QED) is 0.668. The van der Waals surface area contributed by atoms with Crippen molar-refractivity contribution in [1.29, 1.82) is 0 Å². The lowest BCUT2D eigenvalue weighted by Crippen LogP contribution is -2.30. The van der Waals surface area contributed by atoms with Gasteiger partial charge in [-0.3, -0.25) is 0 Å². The van der Waals surface area contributed by atoms with Crippen molar-refractivity contribution >= 4 is 11.8 Å². The van der Waals surface area contributed by atoms with Gasteiger partial charge in [0.15, 0.2) is 0 Å². The van der Waals surface area contributed by atoms with E-state index in [1.807, 2.05) is 0 Å². The maximum absolute atomic E-state index is 6.14. The summed E-state index contributed by atoms with van der Waals surface area (Å²) in [4.78, 5) is 0. The Balaban J connectivity index is 1.99. The molecule has 2 heteroatoms. The highest BCUT2D eigenvalue weighted by Crippen LogP contribution is 2.29. The highest BCUT2D eigenvalue weighted by atomic mass is 32.2. The van der Waals surface area contributed by atoms with E-state index in [9.17, 15) is 0 Å². The fraction of sp³-hybridized carbons (Fsp3) is 1.00. The van der Waals surface area contributed by atoms with Crippen LogP contribution in [0.4, 0.5) is 0 Å². The topological polar surface area (TPSA) is 26.0 Å². The predicted molar refractivity (Wildman–Crippen MR) is 62.2 cm³/mol. The van der Waals surface area contributed by atoms with Gasteiger partial charge in [-0.15, -0.1) is 0 Å². The molecule has 1 nitrogen and oxygen atoms in total. The minimum Gasteiger partial charge on any atom is -0.327 e. The van der Waals surface area contributed by atoms with Crippen LogP contribution in [0.5, 0.6) is 0 Å². The minimum atomic E-state index is 0.476. The van der Waals surface area contributed by atoms with Crippen LogP contribution in [0, 0.1) is 0 Å². The second kappa shape index (κ2) is 6.72. The lowest BCUT2D eigenvalue weighted by atomic mass is 10.0. The molecule has 1 aliphatic rings. The van der Waals surface area contributed by atoms with Crippen LogP contribution in [0.15, 0.2) is 0 Å². The van der Waals surface area contributed by atoms with Gasteiger partial charge in [0, 0.05) is 11.3 Å². The molecule has 1 saturated heterocycles. The van der Waals surface area contributed by atoms with Crippen LogP contribution in [-0.4, -0.2) is 17.0 Å². The standard InChI is InChI=1S/C11H23NS/c1-2-3-4-5-7-10(12)11-8-6-9-13-11/h10-11H,2-9,12H2,1H3. The van der Waals surface area contributed by atoms with Crippen molar-refractivity contribution in [3.63, 3.8) is 0 Å². The molecule has 1 rings (SSSR count). The van der Waals surface area contributed by atoms with Crippen molar-refractivity contribution in [1.82, 2.24) is 0 Å². The largest absolute Gasteiger partial charge is 0.327 e. The molecule has 1 aliphatic heterocycles. The summed E-state index contributed by atoms with van der Waals surface area (Å²) in [6, 6.07) is 0.476. The van der Waals surface area contributed by atoms with Crippen molar-refractivity contribution in [2.24, 2.45) is 5.73 Å². The smallest absolute Gasteiger partial charge is 0.0199 e. The number of hydrogen-bond acceptors (Lipinski definition) is 2. The maximum Gasteiger partial charge on any atom is 0.0199 e. The van der Waals surface area contributed by atoms with Crippen LogP contribution in [0.1, 0.15) is 51.9 Å². The lowest BCUT2D eigenvalue weighted by molar-refractivity contribution is 0.524. The fourth-order valence-electron chi connectivity index (χ4n) is 1.93. The SMILES string of the molecule is CCCCCCC(N)C1CCCS1. The first-order valence-corrected chi connectivity index (χ1v) is 6.76. The molecule has 0 aliphatic carbocycles. The van der Waals surface area contributed by atoms with Crippen LogP contribution < -0.4 is 5.73 Å². The molecule has 0 spiro atoms. The Hall–Kier alpha value is 0.310. The average molecular weight is 201 g/mol. The molecule has 0 amide bonds. The van der Waals surface area contributed by atoms with Gasteiger partial charge >= 0.3 is 0 Å². The van der Waals surface area contributed by atoms with Gasteiger partial charge in [-0.1, -0.05) is 32.6 Å². The molecule has 2 atom stereocenters. The Morgan fingerprint density at radius 1 is 1.38 bits per heavy atom. The van der Waals surface area contributed by atoms with Gasteiger partial charge in [-0.2, -0.15) is 11.8 Å². The third-order valence-electron chi connectivity index (χ3n) is 2.83. The summed E-state index contributed by atoms with van der Waals surface area (Å²) in [5.74, 6) is 1.34. The van der Waals surface area contributed by atoms with Gasteiger partial charge in [-0.25, -0.2) is 0 Å². The van der Waals surface area contributed by atoms with Crippen molar-refractivity contribution in [3.05, 3.63) is 0 Å². The number of nitrogens with two attached hydrogens (primary N) is 1. The Bertz CT molecular complexity index is 121. The van der Waals surface area contributed by atoms with E-state index >= 15 is 0 Å². The van der Waals surface area contributed by atoms with Gasteiger partial charge in [0.25, 0.3) is 0 Å². The van der Waals surface area contributed by atoms with Crippen molar-refractivity contribution in [3.8, 4) is 0 Å². The second-order valence-corrected chi connectivity index (χ2v) is 5.41. The van der Waals surface area contributed by atoms with Gasteiger partial charge in [-0.05, 0) is 25.0 Å². The molecule has 13 heavy (non-hydrogen) atoms. The third kappa shape index (κ3) is 4.37. The second-order valence-electron chi connectivity index (χ2n) is 4.06. The normalized spacial score (nSPS) is 24.9. The Kier molecular flexibility index (Phi) is 5.88. The first-order chi connectivity index (χ1) is 6.34. The maximum atomic E-state index is 6.14. The third-order valence-corrected chi connectivity index (χ3v) is 4.37. The minimum absolute atomic E-state index is 0.476. The molecule has 0 aromatic carbocycles. The number of hydrogen-bond donors (Lipinski definition) is 1. The molecule has 0 radical (unpaired) electrons. The zero-order valence-corrected chi connectivity index (χ0v) is 9.61. The lowest BCUT2D eigenvalue weighted by Gasteiger charge is -2.17. The van der Waals surface area contributed by atoms with Gasteiger partial charge in [0.1, 0.15) is 0 Å². The monoisotopic (exact) mass is 201 g/mol. The van der Waals surface area contributed by atoms with E-state index in [4.69, 9.17) is 5.73 Å². The molecular weight excluding hydrogens is 178 g/mol. The van der Waals surface area contributed by atoms with E-state index in [0.717, 1.165) is 5.25 Å². The van der Waals surface area contributed by atoms with Crippen LogP contribution in [0.2, 0.25) is 0 Å². The van der Waals surface area contributed by atoms with Crippen LogP contribution in [0.25, 0.3) is 0 Å². The summed E-state index contributed by atoms with van der Waals surface area (Å²) in [5.41, 5.74) is 6.14. The first kappa shape index (κ1) is 11.4. The summed E-state index contributed by atoms with van der Waals surface area (Å²) >= 11 is 2.09. The van der Waals surface area contributed by atoms with Gasteiger partial charge in [0.05, 0.1) is 0 Å². The van der Waals surface area contributed by atoms with Crippen molar-refractivity contribution in [2.45, 2.75) is 63.2 Å². The van der Waals surface area contributed by atoms with E-state index in [1.54, 1.807) is 0 Å². The number of rotatable bonds is 6. The predicted octanol–water partition coefficient (Wildman–Crippen LogP) is 3.18. The number of unbranched alkanes of at least 4 members (excludes halogenated alkanes) is 3. The molecular formula is C11H23NS. The van der Waals surface area contributed by atoms with Gasteiger partial charge < -0.3 is 5.73 Å². The molecule has 0 aromatic rings. The highest BCUT2D eigenvalue weighted by Gasteiger charge is 2.21. The van der Waals surface area contributed by atoms with Crippen LogP contribution in [-0.2, 0) is 0 Å². The molecule has 0 saturated carbocycles. The molecule has 2 unspecified atom stereocenters. The Morgan fingerprint density at radius 3 is 2.85 bits per heavy atom. The summed E-state index contributed by atoms with van der Waals surface area (Å²) in [7, 11) is 0. The molecule has 1 fully saturated rings. The average Bonchev–Trinajstić information content (AvgIpc) is 2.65. The van der Waals surface area contributed by atoms with E-state index in [-0.39, 0.29) is 0 Å². The first-order valence-electron chi connectivity index (χ1n) is 5.71. The van der Waals surface area contributed by atoms with E-state index in [2.05, 4.69) is 18.7 Å². The highest BCUT2D eigenvalue weighted by molar-refractivity contribution is 8.00. The van der Waals surface area contributed by atoms with Crippen molar-refractivity contribution < 1.29 is 0 Å². The summed E-state index contributed by atoms with van der Waals surface area (Å²) in [5, 5.41) is 0.779. The fourth-order valence-corrected chi connectivity index (χ4v) is 3.29. The van der Waals surface area contributed by atoms with E-state index < -0.39 is 0 Å². The van der Waals surface area contributed by atoms with Gasteiger partial charge in [0.2, 0.25) is 0 Å². The number of thioether (sulfide) groups is 1. The summed E-state index contributed by atoms with van der Waals surface area (Å²) < 4.78 is 0. The van der Waals surface area contributed by atoms with Crippen molar-refractivity contribution in [2.75, 3.05) is 5.75 Å².